The first-order valence-corrected chi connectivity index (χ1v) is 7.55. The van der Waals surface area contributed by atoms with E-state index in [2.05, 4.69) is 45.0 Å². The van der Waals surface area contributed by atoms with Gasteiger partial charge in [0.15, 0.2) is 6.23 Å². The highest BCUT2D eigenvalue weighted by Crippen LogP contribution is 2.46. The number of carbonyl (C=O) groups is 2. The largest absolute Gasteiger partial charge is 0.347 e. The molecule has 3 aliphatic rings. The number of hydrogen-bond acceptors (Lipinski definition) is 4. The van der Waals surface area contributed by atoms with Crippen LogP contribution in [0.3, 0.4) is 0 Å². The van der Waals surface area contributed by atoms with E-state index in [9.17, 15) is 9.59 Å². The van der Waals surface area contributed by atoms with Crippen LogP contribution in [0.1, 0.15) is 47.5 Å². The van der Waals surface area contributed by atoms with Gasteiger partial charge in [-0.3, -0.25) is 9.69 Å². The Morgan fingerprint density at radius 1 is 1.14 bits per heavy atom. The highest BCUT2D eigenvalue weighted by atomic mass is 16.6. The molecule has 6 nitrogen and oxygen atoms in total. The summed E-state index contributed by atoms with van der Waals surface area (Å²) in [5, 5.41) is 2.97. The first-order valence-electron chi connectivity index (χ1n) is 7.55. The highest BCUT2D eigenvalue weighted by Gasteiger charge is 2.63. The van der Waals surface area contributed by atoms with E-state index in [1.807, 2.05) is 6.92 Å². The van der Waals surface area contributed by atoms with Crippen molar-refractivity contribution < 1.29 is 14.3 Å². The number of epoxide rings is 1. The zero-order chi connectivity index (χ0) is 15.8. The van der Waals surface area contributed by atoms with Crippen molar-refractivity contribution in [3.63, 3.8) is 0 Å². The van der Waals surface area contributed by atoms with Gasteiger partial charge in [-0.25, -0.2) is 9.69 Å². The summed E-state index contributed by atoms with van der Waals surface area (Å²) in [6.45, 7) is 10.3. The summed E-state index contributed by atoms with van der Waals surface area (Å²) < 4.78 is 5.33. The number of carbonyl (C=O) groups excluding carboxylic acids is 2. The second kappa shape index (κ2) is 3.98. The molecule has 1 N–H and O–H groups in total. The molecule has 3 rings (SSSR count). The van der Waals surface area contributed by atoms with Gasteiger partial charge in [-0.2, -0.15) is 0 Å². The molecular formula is C15H25N3O3. The fraction of sp³-hybridized carbons (Fsp3) is 0.867. The summed E-state index contributed by atoms with van der Waals surface area (Å²) in [6.07, 6.45) is 0.786. The maximum absolute atomic E-state index is 12.9. The molecule has 3 fully saturated rings. The smallest absolute Gasteiger partial charge is 0.327 e. The van der Waals surface area contributed by atoms with E-state index in [0.717, 1.165) is 0 Å². The third-order valence-electron chi connectivity index (χ3n) is 5.41. The number of piperidine rings is 1. The minimum atomic E-state index is -0.803. The molecule has 2 atom stereocenters. The van der Waals surface area contributed by atoms with Gasteiger partial charge in [0.25, 0.3) is 5.91 Å². The standard InChI is InChI=1S/C15H25N3O3/c1-9-10(21-9)18-11(19)15(16-12(18)20)7-13(2,3)17(6)14(4,5)8-15/h9-10H,7-8H2,1-6H3,(H,16,20). The van der Waals surface area contributed by atoms with Crippen molar-refractivity contribution in [3.05, 3.63) is 0 Å². The van der Waals surface area contributed by atoms with Crippen molar-refractivity contribution in [2.75, 3.05) is 7.05 Å². The fourth-order valence-electron chi connectivity index (χ4n) is 4.15. The quantitative estimate of drug-likeness (QED) is 0.585. The van der Waals surface area contributed by atoms with E-state index in [-0.39, 0.29) is 35.3 Å². The monoisotopic (exact) mass is 295 g/mol. The van der Waals surface area contributed by atoms with Crippen LogP contribution < -0.4 is 5.32 Å². The van der Waals surface area contributed by atoms with E-state index in [1.54, 1.807) is 0 Å². The Morgan fingerprint density at radius 3 is 2.05 bits per heavy atom. The van der Waals surface area contributed by atoms with Crippen molar-refractivity contribution in [3.8, 4) is 0 Å². The van der Waals surface area contributed by atoms with Crippen LogP contribution in [0.25, 0.3) is 0 Å². The molecule has 2 unspecified atom stereocenters. The van der Waals surface area contributed by atoms with Gasteiger partial charge in [-0.1, -0.05) is 0 Å². The number of nitrogens with zero attached hydrogens (tertiary/aromatic N) is 2. The second-order valence-corrected chi connectivity index (χ2v) is 7.96. The van der Waals surface area contributed by atoms with Crippen LogP contribution in [0, 0.1) is 0 Å². The average molecular weight is 295 g/mol. The lowest BCUT2D eigenvalue weighted by atomic mass is 9.69. The van der Waals surface area contributed by atoms with Gasteiger partial charge in [-0.05, 0) is 54.5 Å². The molecule has 0 saturated carbocycles. The minimum absolute atomic E-state index is 0.0536. The number of likely N-dealkylation sites (tertiary alicyclic amines) is 1. The Balaban J connectivity index is 1.95. The average Bonchev–Trinajstić information content (AvgIpc) is 2.96. The first-order chi connectivity index (χ1) is 9.50. The summed E-state index contributed by atoms with van der Waals surface area (Å²) in [5.74, 6) is -0.129. The fourth-order valence-corrected chi connectivity index (χ4v) is 4.15. The Bertz CT molecular complexity index is 496. The Morgan fingerprint density at radius 2 is 1.62 bits per heavy atom. The van der Waals surface area contributed by atoms with Gasteiger partial charge in [0.2, 0.25) is 0 Å². The summed E-state index contributed by atoms with van der Waals surface area (Å²) in [6, 6.07) is -0.314. The first kappa shape index (κ1) is 14.8. The molecule has 118 valence electrons. The third-order valence-corrected chi connectivity index (χ3v) is 5.41. The summed E-state index contributed by atoms with van der Waals surface area (Å²) in [4.78, 5) is 28.8. The molecule has 0 aromatic carbocycles. The Kier molecular flexibility index (Phi) is 2.80. The van der Waals surface area contributed by atoms with Gasteiger partial charge in [0.05, 0.1) is 0 Å². The molecule has 6 heteroatoms. The number of imide groups is 1. The van der Waals surface area contributed by atoms with Crippen LogP contribution in [0.5, 0.6) is 0 Å². The molecule has 0 radical (unpaired) electrons. The molecule has 3 amide bonds. The summed E-state index contributed by atoms with van der Waals surface area (Å²) >= 11 is 0. The molecule has 0 bridgehead atoms. The lowest BCUT2D eigenvalue weighted by molar-refractivity contribution is -0.140. The Hall–Kier alpha value is -1.14. The van der Waals surface area contributed by atoms with Crippen LogP contribution in [-0.4, -0.2) is 57.7 Å². The Labute approximate surface area is 125 Å². The summed E-state index contributed by atoms with van der Waals surface area (Å²) in [5.41, 5.74) is -1.14. The van der Waals surface area contributed by atoms with Crippen molar-refractivity contribution >= 4 is 11.9 Å². The number of ether oxygens (including phenoxy) is 1. The van der Waals surface area contributed by atoms with E-state index in [1.165, 1.54) is 4.90 Å². The zero-order valence-corrected chi connectivity index (χ0v) is 13.7. The lowest BCUT2D eigenvalue weighted by Crippen LogP contribution is -2.68. The van der Waals surface area contributed by atoms with Crippen LogP contribution in [0.2, 0.25) is 0 Å². The van der Waals surface area contributed by atoms with E-state index < -0.39 is 5.54 Å². The predicted octanol–water partition coefficient (Wildman–Crippen LogP) is 1.30. The maximum Gasteiger partial charge on any atom is 0.327 e. The van der Waals surface area contributed by atoms with Crippen molar-refractivity contribution in [1.29, 1.82) is 0 Å². The van der Waals surface area contributed by atoms with Crippen LogP contribution in [0.4, 0.5) is 4.79 Å². The SMILES string of the molecule is CC1OC1N1C(=O)NC2(CC(C)(C)N(C)C(C)(C)C2)C1=O. The number of rotatable bonds is 1. The molecule has 3 aliphatic heterocycles. The lowest BCUT2D eigenvalue weighted by Gasteiger charge is -2.56. The van der Waals surface area contributed by atoms with Crippen molar-refractivity contribution in [1.82, 2.24) is 15.1 Å². The molecule has 3 heterocycles. The van der Waals surface area contributed by atoms with Crippen LogP contribution in [-0.2, 0) is 9.53 Å². The summed E-state index contributed by atoms with van der Waals surface area (Å²) in [7, 11) is 2.08. The number of amides is 3. The normalized spacial score (nSPS) is 37.0. The van der Waals surface area contributed by atoms with Gasteiger partial charge in [0.1, 0.15) is 11.6 Å². The predicted molar refractivity (Wildman–Crippen MR) is 77.6 cm³/mol. The zero-order valence-electron chi connectivity index (χ0n) is 13.7. The van der Waals surface area contributed by atoms with E-state index in [0.29, 0.717) is 12.8 Å². The number of nitrogens with one attached hydrogen (secondary N) is 1. The molecule has 0 aromatic heterocycles. The third kappa shape index (κ3) is 1.99. The topological polar surface area (TPSA) is 65.2 Å². The van der Waals surface area contributed by atoms with E-state index >= 15 is 0 Å². The maximum atomic E-state index is 12.9. The molecule has 21 heavy (non-hydrogen) atoms. The van der Waals surface area contributed by atoms with Crippen molar-refractivity contribution in [2.45, 2.75) is 76.4 Å². The van der Waals surface area contributed by atoms with Gasteiger partial charge < -0.3 is 10.1 Å². The van der Waals surface area contributed by atoms with Crippen molar-refractivity contribution in [2.24, 2.45) is 0 Å². The molecule has 0 aromatic rings. The molecule has 3 saturated heterocycles. The number of hydrogen-bond donors (Lipinski definition) is 1. The number of urea groups is 1. The van der Waals surface area contributed by atoms with Crippen LogP contribution in [0.15, 0.2) is 0 Å². The second-order valence-electron chi connectivity index (χ2n) is 7.96. The molecule has 0 aliphatic carbocycles. The molecular weight excluding hydrogens is 270 g/mol. The van der Waals surface area contributed by atoms with Gasteiger partial charge in [0, 0.05) is 11.1 Å². The minimum Gasteiger partial charge on any atom is -0.347 e. The molecule has 1 spiro atoms. The van der Waals surface area contributed by atoms with E-state index in [4.69, 9.17) is 4.74 Å². The van der Waals surface area contributed by atoms with Gasteiger partial charge in [-0.15, -0.1) is 0 Å². The highest BCUT2D eigenvalue weighted by molar-refractivity contribution is 6.07. The van der Waals surface area contributed by atoms with Gasteiger partial charge >= 0.3 is 6.03 Å². The van der Waals surface area contributed by atoms with Crippen LogP contribution >= 0.6 is 0 Å².